The van der Waals surface area contributed by atoms with Crippen LogP contribution in [0.3, 0.4) is 0 Å². The topological polar surface area (TPSA) is 28.7 Å². The van der Waals surface area contributed by atoms with Gasteiger partial charge in [-0.15, -0.1) is 0 Å². The Kier molecular flexibility index (Phi) is 3.07. The molecule has 88 valence electrons. The second kappa shape index (κ2) is 4.70. The molecule has 0 unspecified atom stereocenters. The zero-order chi connectivity index (χ0) is 11.7. The number of aryl methyl sites for hydroxylation is 1. The molecule has 0 bridgehead atoms. The highest BCUT2D eigenvalue weighted by molar-refractivity contribution is 7.71. The second-order valence-corrected chi connectivity index (χ2v) is 5.59. The standard InChI is InChI=1S/C13H14N2S2/c16-13-10-4-2-1-3-5-11(10)14-12(15-13)9-6-7-17-8-9/h6-8H,1-5H2,(H,14,15,16). The van der Waals surface area contributed by atoms with Crippen LogP contribution >= 0.6 is 23.6 Å². The molecule has 1 N–H and O–H groups in total. The van der Waals surface area contributed by atoms with Gasteiger partial charge in [0.05, 0.1) is 0 Å². The van der Waals surface area contributed by atoms with E-state index >= 15 is 0 Å². The maximum absolute atomic E-state index is 5.43. The van der Waals surface area contributed by atoms with Crippen molar-refractivity contribution in [3.8, 4) is 11.4 Å². The number of fused-ring (bicyclic) bond motifs is 1. The minimum absolute atomic E-state index is 0.793. The van der Waals surface area contributed by atoms with Gasteiger partial charge in [-0.2, -0.15) is 11.3 Å². The molecule has 2 aromatic rings. The monoisotopic (exact) mass is 262 g/mol. The predicted molar refractivity (Wildman–Crippen MR) is 74.0 cm³/mol. The number of aromatic nitrogens is 2. The van der Waals surface area contributed by atoms with Crippen molar-refractivity contribution in [2.45, 2.75) is 32.1 Å². The molecule has 2 heterocycles. The van der Waals surface area contributed by atoms with E-state index < -0.39 is 0 Å². The average molecular weight is 262 g/mol. The number of H-pyrrole nitrogens is 1. The smallest absolute Gasteiger partial charge is 0.139 e. The average Bonchev–Trinajstić information content (AvgIpc) is 2.75. The van der Waals surface area contributed by atoms with Gasteiger partial charge >= 0.3 is 0 Å². The zero-order valence-electron chi connectivity index (χ0n) is 9.53. The largest absolute Gasteiger partial charge is 0.343 e. The fourth-order valence-corrected chi connectivity index (χ4v) is 3.29. The van der Waals surface area contributed by atoms with Gasteiger partial charge in [0.2, 0.25) is 0 Å². The number of thiophene rings is 1. The Morgan fingerprint density at radius 3 is 2.94 bits per heavy atom. The third kappa shape index (κ3) is 2.19. The first-order chi connectivity index (χ1) is 8.34. The van der Waals surface area contributed by atoms with Crippen LogP contribution in [0.5, 0.6) is 0 Å². The molecule has 4 heteroatoms. The minimum Gasteiger partial charge on any atom is -0.343 e. The number of aromatic amines is 1. The number of hydrogen-bond donors (Lipinski definition) is 1. The molecule has 0 spiro atoms. The van der Waals surface area contributed by atoms with Crippen LogP contribution in [-0.4, -0.2) is 9.97 Å². The number of nitrogens with one attached hydrogen (secondary N) is 1. The summed E-state index contributed by atoms with van der Waals surface area (Å²) in [4.78, 5) is 8.01. The lowest BCUT2D eigenvalue weighted by Gasteiger charge is -2.08. The van der Waals surface area contributed by atoms with Gasteiger partial charge in [0, 0.05) is 22.2 Å². The molecule has 0 amide bonds. The molecule has 17 heavy (non-hydrogen) atoms. The van der Waals surface area contributed by atoms with Gasteiger partial charge in [-0.3, -0.25) is 0 Å². The summed E-state index contributed by atoms with van der Waals surface area (Å²) in [7, 11) is 0. The molecule has 3 rings (SSSR count). The van der Waals surface area contributed by atoms with E-state index in [2.05, 4.69) is 26.8 Å². The molecule has 0 saturated carbocycles. The Hall–Kier alpha value is -1.00. The third-order valence-electron chi connectivity index (χ3n) is 3.25. The van der Waals surface area contributed by atoms with Crippen LogP contribution in [0, 0.1) is 4.64 Å². The van der Waals surface area contributed by atoms with Gasteiger partial charge in [0.25, 0.3) is 0 Å². The Morgan fingerprint density at radius 2 is 2.12 bits per heavy atom. The predicted octanol–water partition coefficient (Wildman–Crippen LogP) is 4.14. The third-order valence-corrected chi connectivity index (χ3v) is 4.27. The molecule has 0 fully saturated rings. The molecular weight excluding hydrogens is 248 g/mol. The lowest BCUT2D eigenvalue weighted by molar-refractivity contribution is 0.708. The van der Waals surface area contributed by atoms with Gasteiger partial charge in [-0.1, -0.05) is 18.6 Å². The van der Waals surface area contributed by atoms with Crippen molar-refractivity contribution in [2.24, 2.45) is 0 Å². The number of rotatable bonds is 1. The fourth-order valence-electron chi connectivity index (χ4n) is 2.33. The van der Waals surface area contributed by atoms with E-state index in [1.165, 1.54) is 30.5 Å². The van der Waals surface area contributed by atoms with Gasteiger partial charge in [0.15, 0.2) is 0 Å². The molecule has 1 aliphatic carbocycles. The summed E-state index contributed by atoms with van der Waals surface area (Å²) in [6, 6.07) is 2.08. The summed E-state index contributed by atoms with van der Waals surface area (Å²) < 4.78 is 0.793. The van der Waals surface area contributed by atoms with Crippen LogP contribution in [0.1, 0.15) is 30.5 Å². The quantitative estimate of drug-likeness (QED) is 0.618. The van der Waals surface area contributed by atoms with E-state index in [0.29, 0.717) is 0 Å². The lowest BCUT2D eigenvalue weighted by Crippen LogP contribution is -2.01. The van der Waals surface area contributed by atoms with E-state index in [1.54, 1.807) is 11.3 Å². The molecule has 0 radical (unpaired) electrons. The van der Waals surface area contributed by atoms with Crippen molar-refractivity contribution in [1.29, 1.82) is 0 Å². The molecule has 0 saturated heterocycles. The first-order valence-electron chi connectivity index (χ1n) is 5.99. The van der Waals surface area contributed by atoms with Crippen LogP contribution in [-0.2, 0) is 12.8 Å². The highest BCUT2D eigenvalue weighted by Crippen LogP contribution is 2.24. The maximum Gasteiger partial charge on any atom is 0.139 e. The van der Waals surface area contributed by atoms with E-state index in [0.717, 1.165) is 28.9 Å². The van der Waals surface area contributed by atoms with Gasteiger partial charge < -0.3 is 4.98 Å². The molecule has 2 aromatic heterocycles. The lowest BCUT2D eigenvalue weighted by atomic mass is 10.1. The van der Waals surface area contributed by atoms with Crippen LogP contribution in [0.15, 0.2) is 16.8 Å². The Bertz CT molecular complexity index is 570. The summed E-state index contributed by atoms with van der Waals surface area (Å²) >= 11 is 7.12. The van der Waals surface area contributed by atoms with Crippen molar-refractivity contribution in [1.82, 2.24) is 9.97 Å². The number of hydrogen-bond acceptors (Lipinski definition) is 3. The molecule has 1 aliphatic rings. The summed E-state index contributed by atoms with van der Waals surface area (Å²) in [5.41, 5.74) is 3.73. The summed E-state index contributed by atoms with van der Waals surface area (Å²) in [6.07, 6.45) is 5.99. The Labute approximate surface area is 110 Å². The van der Waals surface area contributed by atoms with E-state index in [4.69, 9.17) is 12.2 Å². The molecule has 2 nitrogen and oxygen atoms in total. The second-order valence-electron chi connectivity index (χ2n) is 4.42. The number of nitrogens with zero attached hydrogens (tertiary/aromatic N) is 1. The van der Waals surface area contributed by atoms with Crippen molar-refractivity contribution in [3.05, 3.63) is 32.7 Å². The summed E-state index contributed by atoms with van der Waals surface area (Å²) in [5, 5.41) is 4.18. The van der Waals surface area contributed by atoms with Crippen molar-refractivity contribution < 1.29 is 0 Å². The van der Waals surface area contributed by atoms with E-state index in [1.807, 2.05) is 0 Å². The zero-order valence-corrected chi connectivity index (χ0v) is 11.2. The maximum atomic E-state index is 5.43. The van der Waals surface area contributed by atoms with Crippen LogP contribution < -0.4 is 0 Å². The van der Waals surface area contributed by atoms with E-state index in [9.17, 15) is 0 Å². The SMILES string of the molecule is S=c1nc(-c2ccsc2)[nH]c2c1CCCCC2. The van der Waals surface area contributed by atoms with Crippen molar-refractivity contribution >= 4 is 23.6 Å². The Balaban J connectivity index is 2.12. The first kappa shape index (κ1) is 11.1. The molecule has 0 aliphatic heterocycles. The Morgan fingerprint density at radius 1 is 1.24 bits per heavy atom. The fraction of sp³-hybridized carbons (Fsp3) is 0.385. The van der Waals surface area contributed by atoms with Gasteiger partial charge in [-0.05, 0) is 37.1 Å². The van der Waals surface area contributed by atoms with E-state index in [-0.39, 0.29) is 0 Å². The normalized spacial score (nSPS) is 15.3. The molecule has 0 aromatic carbocycles. The van der Waals surface area contributed by atoms with Crippen molar-refractivity contribution in [2.75, 3.05) is 0 Å². The summed E-state index contributed by atoms with van der Waals surface area (Å²) in [5.74, 6) is 0.928. The molecular formula is C13H14N2S2. The highest BCUT2D eigenvalue weighted by atomic mass is 32.1. The van der Waals surface area contributed by atoms with Crippen LogP contribution in [0.2, 0.25) is 0 Å². The van der Waals surface area contributed by atoms with Crippen LogP contribution in [0.25, 0.3) is 11.4 Å². The minimum atomic E-state index is 0.793. The van der Waals surface area contributed by atoms with Gasteiger partial charge in [0.1, 0.15) is 10.5 Å². The summed E-state index contributed by atoms with van der Waals surface area (Å²) in [6.45, 7) is 0. The van der Waals surface area contributed by atoms with Crippen molar-refractivity contribution in [3.63, 3.8) is 0 Å². The highest BCUT2D eigenvalue weighted by Gasteiger charge is 2.12. The van der Waals surface area contributed by atoms with Gasteiger partial charge in [-0.25, -0.2) is 4.98 Å². The first-order valence-corrected chi connectivity index (χ1v) is 7.34. The van der Waals surface area contributed by atoms with Crippen LogP contribution in [0.4, 0.5) is 0 Å². The molecule has 0 atom stereocenters.